The van der Waals surface area contributed by atoms with Gasteiger partial charge in [0.25, 0.3) is 0 Å². The maximum atomic E-state index is 13.6. The van der Waals surface area contributed by atoms with Crippen molar-refractivity contribution in [1.82, 2.24) is 4.98 Å². The highest BCUT2D eigenvalue weighted by molar-refractivity contribution is 5.60. The topological polar surface area (TPSA) is 42.1 Å². The molecule has 0 fully saturated rings. The summed E-state index contributed by atoms with van der Waals surface area (Å²) in [5.41, 5.74) is 0.986. The highest BCUT2D eigenvalue weighted by Crippen LogP contribution is 2.23. The van der Waals surface area contributed by atoms with Crippen LogP contribution in [0.5, 0.6) is 5.75 Å². The Kier molecular flexibility index (Phi) is 3.23. The molecule has 0 bridgehead atoms. The van der Waals surface area contributed by atoms with E-state index in [9.17, 15) is 9.18 Å². The Bertz CT molecular complexity index is 578. The Morgan fingerprint density at radius 3 is 2.76 bits per heavy atom. The molecule has 0 aliphatic heterocycles. The van der Waals surface area contributed by atoms with E-state index in [4.69, 9.17) is 4.74 Å². The zero-order valence-electron chi connectivity index (χ0n) is 9.37. The number of hydrogen-bond acceptors (Lipinski definition) is 2. The molecule has 1 aromatic carbocycles. The van der Waals surface area contributed by atoms with E-state index in [-0.39, 0.29) is 11.3 Å². The molecule has 0 saturated carbocycles. The fourth-order valence-electron chi connectivity index (χ4n) is 1.56. The Labute approximate surface area is 97.9 Å². The molecular weight excluding hydrogens is 221 g/mol. The van der Waals surface area contributed by atoms with Crippen molar-refractivity contribution in [3.8, 4) is 17.0 Å². The van der Waals surface area contributed by atoms with Gasteiger partial charge in [0.15, 0.2) is 11.6 Å². The van der Waals surface area contributed by atoms with Crippen LogP contribution in [0, 0.1) is 5.82 Å². The molecule has 1 aromatic heterocycles. The molecule has 88 valence electrons. The van der Waals surface area contributed by atoms with E-state index in [1.165, 1.54) is 12.1 Å². The van der Waals surface area contributed by atoms with E-state index >= 15 is 0 Å². The summed E-state index contributed by atoms with van der Waals surface area (Å²) in [6, 6.07) is 9.36. The second-order valence-electron chi connectivity index (χ2n) is 3.51. The molecule has 0 spiro atoms. The molecule has 1 N–H and O–H groups in total. The highest BCUT2D eigenvalue weighted by atomic mass is 19.1. The van der Waals surface area contributed by atoms with Crippen molar-refractivity contribution in [2.45, 2.75) is 6.92 Å². The van der Waals surface area contributed by atoms with E-state index in [2.05, 4.69) is 4.98 Å². The lowest BCUT2D eigenvalue weighted by Crippen LogP contribution is -2.03. The first-order valence-electron chi connectivity index (χ1n) is 5.33. The number of benzene rings is 1. The highest BCUT2D eigenvalue weighted by Gasteiger charge is 2.05. The predicted molar refractivity (Wildman–Crippen MR) is 63.6 cm³/mol. The van der Waals surface area contributed by atoms with Crippen molar-refractivity contribution < 1.29 is 9.13 Å². The summed E-state index contributed by atoms with van der Waals surface area (Å²) < 4.78 is 18.7. The first-order chi connectivity index (χ1) is 8.20. The summed E-state index contributed by atoms with van der Waals surface area (Å²) in [7, 11) is 0. The summed E-state index contributed by atoms with van der Waals surface area (Å²) in [4.78, 5) is 13.8. The average Bonchev–Trinajstić information content (AvgIpc) is 2.32. The molecule has 3 nitrogen and oxygen atoms in total. The lowest BCUT2D eigenvalue weighted by Gasteiger charge is -2.06. The standard InChI is InChI=1S/C13H12FNO2/c1-2-17-12-7-6-9(8-10(12)14)11-4-3-5-13(16)15-11/h3-8H,2H2,1H3,(H,15,16). The van der Waals surface area contributed by atoms with Crippen LogP contribution in [0.3, 0.4) is 0 Å². The van der Waals surface area contributed by atoms with E-state index < -0.39 is 5.82 Å². The second-order valence-corrected chi connectivity index (χ2v) is 3.51. The third-order valence-electron chi connectivity index (χ3n) is 2.31. The summed E-state index contributed by atoms with van der Waals surface area (Å²) in [5, 5.41) is 0. The van der Waals surface area contributed by atoms with Crippen LogP contribution in [-0.2, 0) is 0 Å². The van der Waals surface area contributed by atoms with E-state index in [1.807, 2.05) is 0 Å². The molecule has 0 atom stereocenters. The van der Waals surface area contributed by atoms with Gasteiger partial charge >= 0.3 is 0 Å². The van der Waals surface area contributed by atoms with Crippen molar-refractivity contribution >= 4 is 0 Å². The smallest absolute Gasteiger partial charge is 0.248 e. The van der Waals surface area contributed by atoms with Crippen molar-refractivity contribution in [2.75, 3.05) is 6.61 Å². The van der Waals surface area contributed by atoms with Crippen LogP contribution in [0.4, 0.5) is 4.39 Å². The maximum absolute atomic E-state index is 13.6. The Balaban J connectivity index is 2.41. The van der Waals surface area contributed by atoms with Crippen molar-refractivity contribution in [1.29, 1.82) is 0 Å². The van der Waals surface area contributed by atoms with Crippen LogP contribution >= 0.6 is 0 Å². The minimum Gasteiger partial charge on any atom is -0.491 e. The minimum absolute atomic E-state index is 0.211. The van der Waals surface area contributed by atoms with Gasteiger partial charge < -0.3 is 9.72 Å². The monoisotopic (exact) mass is 233 g/mol. The number of pyridine rings is 1. The third-order valence-corrected chi connectivity index (χ3v) is 2.31. The molecule has 0 aliphatic carbocycles. The number of rotatable bonds is 3. The van der Waals surface area contributed by atoms with Crippen LogP contribution in [-0.4, -0.2) is 11.6 Å². The molecule has 0 saturated heterocycles. The Hall–Kier alpha value is -2.10. The van der Waals surface area contributed by atoms with Crippen molar-refractivity contribution in [3.05, 3.63) is 52.6 Å². The summed E-state index contributed by atoms with van der Waals surface area (Å²) in [5.74, 6) is -0.219. The number of nitrogens with one attached hydrogen (secondary N) is 1. The van der Waals surface area contributed by atoms with Crippen molar-refractivity contribution in [3.63, 3.8) is 0 Å². The zero-order chi connectivity index (χ0) is 12.3. The number of aromatic nitrogens is 1. The van der Waals surface area contributed by atoms with Gasteiger partial charge in [-0.2, -0.15) is 0 Å². The molecule has 17 heavy (non-hydrogen) atoms. The molecule has 0 unspecified atom stereocenters. The first kappa shape index (κ1) is 11.4. The zero-order valence-corrected chi connectivity index (χ0v) is 9.37. The molecule has 0 aliphatic rings. The van der Waals surface area contributed by atoms with Gasteiger partial charge in [-0.05, 0) is 31.2 Å². The molecule has 0 radical (unpaired) electrons. The van der Waals surface area contributed by atoms with Gasteiger partial charge in [0.2, 0.25) is 5.56 Å². The van der Waals surface area contributed by atoms with E-state index in [0.29, 0.717) is 17.9 Å². The van der Waals surface area contributed by atoms with E-state index in [1.54, 1.807) is 31.2 Å². The van der Waals surface area contributed by atoms with Gasteiger partial charge in [0, 0.05) is 17.3 Å². The summed E-state index contributed by atoms with van der Waals surface area (Å²) in [6.45, 7) is 2.21. The molecule has 2 rings (SSSR count). The SMILES string of the molecule is CCOc1ccc(-c2cccc(=O)[nH]2)cc1F. The quantitative estimate of drug-likeness (QED) is 0.885. The molecule has 4 heteroatoms. The van der Waals surface area contributed by atoms with E-state index in [0.717, 1.165) is 0 Å². The lowest BCUT2D eigenvalue weighted by atomic mass is 10.1. The van der Waals surface area contributed by atoms with Gasteiger partial charge in [0.1, 0.15) is 0 Å². The Morgan fingerprint density at radius 1 is 1.29 bits per heavy atom. The van der Waals surface area contributed by atoms with Gasteiger partial charge in [-0.3, -0.25) is 4.79 Å². The van der Waals surface area contributed by atoms with Gasteiger partial charge in [0.05, 0.1) is 6.61 Å². The van der Waals surface area contributed by atoms with Gasteiger partial charge in [-0.15, -0.1) is 0 Å². The summed E-state index contributed by atoms with van der Waals surface area (Å²) >= 11 is 0. The molecule has 1 heterocycles. The van der Waals surface area contributed by atoms with Gasteiger partial charge in [-0.1, -0.05) is 6.07 Å². The molecule has 0 amide bonds. The molecular formula is C13H12FNO2. The number of hydrogen-bond donors (Lipinski definition) is 1. The summed E-state index contributed by atoms with van der Waals surface area (Å²) in [6.07, 6.45) is 0. The van der Waals surface area contributed by atoms with Crippen LogP contribution in [0.25, 0.3) is 11.3 Å². The largest absolute Gasteiger partial charge is 0.491 e. The van der Waals surface area contributed by atoms with Crippen LogP contribution in [0.1, 0.15) is 6.92 Å². The van der Waals surface area contributed by atoms with Gasteiger partial charge in [-0.25, -0.2) is 4.39 Å². The van der Waals surface area contributed by atoms with Crippen LogP contribution < -0.4 is 10.3 Å². The predicted octanol–water partition coefficient (Wildman–Crippen LogP) is 2.58. The second kappa shape index (κ2) is 4.82. The third kappa shape index (κ3) is 2.53. The Morgan fingerprint density at radius 2 is 2.12 bits per heavy atom. The number of halogens is 1. The minimum atomic E-state index is -0.436. The average molecular weight is 233 g/mol. The lowest BCUT2D eigenvalue weighted by molar-refractivity contribution is 0.321. The van der Waals surface area contributed by atoms with Crippen LogP contribution in [0.15, 0.2) is 41.2 Å². The number of aromatic amines is 1. The molecule has 2 aromatic rings. The maximum Gasteiger partial charge on any atom is 0.248 e. The fourth-order valence-corrected chi connectivity index (χ4v) is 1.56. The number of H-pyrrole nitrogens is 1. The number of ether oxygens (including phenoxy) is 1. The van der Waals surface area contributed by atoms with Crippen molar-refractivity contribution in [2.24, 2.45) is 0 Å². The fraction of sp³-hybridized carbons (Fsp3) is 0.154. The van der Waals surface area contributed by atoms with Crippen LogP contribution in [0.2, 0.25) is 0 Å². The normalized spacial score (nSPS) is 10.2. The first-order valence-corrected chi connectivity index (χ1v) is 5.33.